The fourth-order valence-corrected chi connectivity index (χ4v) is 7.52. The third-order valence-electron chi connectivity index (χ3n) is 9.22. The molecule has 2 heterocycles. The summed E-state index contributed by atoms with van der Waals surface area (Å²) in [6.45, 7) is 0. The van der Waals surface area contributed by atoms with Crippen molar-refractivity contribution < 1.29 is 29.6 Å². The van der Waals surface area contributed by atoms with Crippen molar-refractivity contribution in [2.24, 2.45) is 0 Å². The number of esters is 1. The highest BCUT2D eigenvalue weighted by atomic mass is 16.7. The molecule has 202 valence electrons. The highest BCUT2D eigenvalue weighted by molar-refractivity contribution is 5.92. The maximum Gasteiger partial charge on any atom is 0.342 e. The Morgan fingerprint density at radius 3 is 1.98 bits per heavy atom. The lowest BCUT2D eigenvalue weighted by atomic mass is 9.51. The van der Waals surface area contributed by atoms with Crippen molar-refractivity contribution in [1.29, 1.82) is 0 Å². The Morgan fingerprint density at radius 1 is 0.800 bits per heavy atom. The molecule has 2 aliphatic heterocycles. The van der Waals surface area contributed by atoms with Gasteiger partial charge in [0.25, 0.3) is 0 Å². The van der Waals surface area contributed by atoms with Gasteiger partial charge in [-0.3, -0.25) is 0 Å². The van der Waals surface area contributed by atoms with E-state index in [0.29, 0.717) is 11.1 Å². The molecular formula is C34H30O6. The highest BCUT2D eigenvalue weighted by Gasteiger charge is 2.99. The lowest BCUT2D eigenvalue weighted by Crippen LogP contribution is -2.71. The van der Waals surface area contributed by atoms with Crippen molar-refractivity contribution in [1.82, 2.24) is 0 Å². The lowest BCUT2D eigenvalue weighted by Gasteiger charge is -2.56. The minimum Gasteiger partial charge on any atom is -0.450 e. The van der Waals surface area contributed by atoms with Crippen LogP contribution in [0, 0.1) is 0 Å². The van der Waals surface area contributed by atoms with Gasteiger partial charge in [0.2, 0.25) is 5.60 Å². The summed E-state index contributed by atoms with van der Waals surface area (Å²) in [5.41, 5.74) is -4.78. The third kappa shape index (κ3) is 3.05. The van der Waals surface area contributed by atoms with E-state index < -0.39 is 46.5 Å². The van der Waals surface area contributed by atoms with E-state index in [9.17, 15) is 20.1 Å². The molecule has 0 amide bonds. The van der Waals surface area contributed by atoms with Crippen LogP contribution in [-0.4, -0.2) is 44.2 Å². The number of benzene rings is 4. The Kier molecular flexibility index (Phi) is 5.57. The summed E-state index contributed by atoms with van der Waals surface area (Å²) >= 11 is 0. The Hall–Kier alpha value is -3.81. The predicted octanol–water partition coefficient (Wildman–Crippen LogP) is 4.20. The maximum atomic E-state index is 14.2. The van der Waals surface area contributed by atoms with E-state index in [2.05, 4.69) is 0 Å². The zero-order valence-corrected chi connectivity index (χ0v) is 21.8. The average Bonchev–Trinajstić information content (AvgIpc) is 3.64. The normalized spacial score (nSPS) is 34.8. The van der Waals surface area contributed by atoms with Gasteiger partial charge in [0, 0.05) is 12.3 Å². The first-order chi connectivity index (χ1) is 19.4. The maximum absolute atomic E-state index is 14.2. The van der Waals surface area contributed by atoms with E-state index in [1.807, 2.05) is 84.9 Å². The van der Waals surface area contributed by atoms with Crippen LogP contribution in [0.1, 0.15) is 40.7 Å². The van der Waals surface area contributed by atoms with Crippen molar-refractivity contribution in [3.8, 4) is 0 Å². The lowest BCUT2D eigenvalue weighted by molar-refractivity contribution is -0.263. The number of ether oxygens (including phenoxy) is 2. The molecule has 7 rings (SSSR count). The number of hydrogen-bond acceptors (Lipinski definition) is 6. The second kappa shape index (κ2) is 8.85. The number of carbonyl (C=O) groups excluding carboxylic acids is 1. The summed E-state index contributed by atoms with van der Waals surface area (Å²) in [5.74, 6) is -1.34. The van der Waals surface area contributed by atoms with Gasteiger partial charge in [-0.25, -0.2) is 4.79 Å². The molecule has 3 N–H and O–H groups in total. The molecule has 6 heteroatoms. The van der Waals surface area contributed by atoms with Crippen molar-refractivity contribution in [2.75, 3.05) is 0 Å². The SMILES string of the molecule is O=C1OC2(C(O)c3ccccc3)[C@@H](c3ccccc3)C[C@H](O)[C@](O)(c3ccccc3)[C@]23O[C@]13Cc1ccccc1. The van der Waals surface area contributed by atoms with Crippen LogP contribution < -0.4 is 0 Å². The van der Waals surface area contributed by atoms with Gasteiger partial charge in [-0.1, -0.05) is 121 Å². The van der Waals surface area contributed by atoms with Gasteiger partial charge in [0.1, 0.15) is 6.10 Å². The van der Waals surface area contributed by atoms with Crippen LogP contribution in [-0.2, 0) is 26.3 Å². The number of aliphatic hydroxyl groups excluding tert-OH is 2. The fourth-order valence-electron chi connectivity index (χ4n) is 7.52. The Labute approximate surface area is 232 Å². The van der Waals surface area contributed by atoms with Crippen LogP contribution in [0.4, 0.5) is 0 Å². The van der Waals surface area contributed by atoms with Gasteiger partial charge in [-0.05, 0) is 28.7 Å². The minimum atomic E-state index is -2.07. The monoisotopic (exact) mass is 534 g/mol. The molecule has 0 bridgehead atoms. The van der Waals surface area contributed by atoms with E-state index in [1.54, 1.807) is 36.4 Å². The molecule has 1 aliphatic carbocycles. The van der Waals surface area contributed by atoms with E-state index >= 15 is 0 Å². The van der Waals surface area contributed by atoms with Gasteiger partial charge in [0.15, 0.2) is 16.8 Å². The quantitative estimate of drug-likeness (QED) is 0.253. The molecule has 3 fully saturated rings. The summed E-state index contributed by atoms with van der Waals surface area (Å²) < 4.78 is 13.1. The van der Waals surface area contributed by atoms with E-state index in [0.717, 1.165) is 11.1 Å². The molecule has 4 aromatic carbocycles. The topological polar surface area (TPSA) is 99.5 Å². The first-order valence-corrected chi connectivity index (χ1v) is 13.6. The standard InChI is InChI=1S/C34H30O6/c35-28-21-27(24-15-7-2-8-16-24)33(29(36)25-17-9-3-10-18-25)34(32(28,38)26-19-11-4-12-20-26)31(40-34,30(37)39-33)22-23-13-5-1-6-14-23/h1-20,27-29,35-36,38H,21-22H2/t27-,28+,29?,31-,32-,33?,34+/m1/s1. The van der Waals surface area contributed by atoms with Gasteiger partial charge >= 0.3 is 5.97 Å². The Morgan fingerprint density at radius 2 is 1.35 bits per heavy atom. The van der Waals surface area contributed by atoms with E-state index in [1.165, 1.54) is 0 Å². The van der Waals surface area contributed by atoms with Gasteiger partial charge in [0.05, 0.1) is 6.10 Å². The Bertz CT molecular complexity index is 1530. The number of hydrogen-bond donors (Lipinski definition) is 3. The summed E-state index contributed by atoms with van der Waals surface area (Å²) in [4.78, 5) is 14.2. The molecule has 1 spiro atoms. The smallest absolute Gasteiger partial charge is 0.342 e. The van der Waals surface area contributed by atoms with E-state index in [-0.39, 0.29) is 12.8 Å². The summed E-state index contributed by atoms with van der Waals surface area (Å²) in [7, 11) is 0. The fraction of sp³-hybridized carbons (Fsp3) is 0.265. The third-order valence-corrected chi connectivity index (χ3v) is 9.22. The molecule has 3 aliphatic rings. The van der Waals surface area contributed by atoms with Crippen LogP contribution in [0.5, 0.6) is 0 Å². The molecule has 2 unspecified atom stereocenters. The van der Waals surface area contributed by atoms with Gasteiger partial charge in [-0.15, -0.1) is 0 Å². The molecule has 2 saturated heterocycles. The molecule has 4 aromatic rings. The summed E-state index contributed by atoms with van der Waals surface area (Å²) in [6.07, 6.45) is -2.56. The number of rotatable bonds is 6. The molecule has 7 atom stereocenters. The first-order valence-electron chi connectivity index (χ1n) is 13.6. The van der Waals surface area contributed by atoms with Crippen LogP contribution in [0.25, 0.3) is 0 Å². The van der Waals surface area contributed by atoms with Gasteiger partial charge in [-0.2, -0.15) is 0 Å². The zero-order valence-electron chi connectivity index (χ0n) is 21.8. The second-order valence-corrected chi connectivity index (χ2v) is 11.1. The second-order valence-electron chi connectivity index (χ2n) is 11.1. The van der Waals surface area contributed by atoms with Crippen LogP contribution in [0.3, 0.4) is 0 Å². The zero-order chi connectivity index (χ0) is 27.6. The predicted molar refractivity (Wildman–Crippen MR) is 147 cm³/mol. The van der Waals surface area contributed by atoms with Crippen molar-refractivity contribution >= 4 is 5.97 Å². The average molecular weight is 535 g/mol. The van der Waals surface area contributed by atoms with E-state index in [4.69, 9.17) is 9.47 Å². The van der Waals surface area contributed by atoms with Crippen LogP contribution >= 0.6 is 0 Å². The first kappa shape index (κ1) is 25.2. The largest absolute Gasteiger partial charge is 0.450 e. The summed E-state index contributed by atoms with van der Waals surface area (Å²) in [5, 5.41) is 37.1. The summed E-state index contributed by atoms with van der Waals surface area (Å²) in [6, 6.07) is 36.6. The van der Waals surface area contributed by atoms with Crippen molar-refractivity contribution in [2.45, 2.75) is 53.4 Å². The van der Waals surface area contributed by atoms with Crippen molar-refractivity contribution in [3.05, 3.63) is 144 Å². The molecular weight excluding hydrogens is 504 g/mol. The number of epoxide rings is 1. The molecule has 6 nitrogen and oxygen atoms in total. The van der Waals surface area contributed by atoms with Gasteiger partial charge < -0.3 is 24.8 Å². The Balaban J connectivity index is 1.53. The molecule has 1 saturated carbocycles. The minimum absolute atomic E-state index is 0.0269. The van der Waals surface area contributed by atoms with Crippen LogP contribution in [0.2, 0.25) is 0 Å². The number of aliphatic hydroxyl groups is 3. The highest BCUT2D eigenvalue weighted by Crippen LogP contribution is 2.78. The van der Waals surface area contributed by atoms with Crippen molar-refractivity contribution in [3.63, 3.8) is 0 Å². The van der Waals surface area contributed by atoms with Crippen LogP contribution in [0.15, 0.2) is 121 Å². The molecule has 40 heavy (non-hydrogen) atoms. The number of carbonyl (C=O) groups is 1. The molecule has 0 aromatic heterocycles. The molecule has 0 radical (unpaired) electrons.